The van der Waals surface area contributed by atoms with Crippen molar-refractivity contribution >= 4 is 22.6 Å². The second kappa shape index (κ2) is 3.64. The van der Waals surface area contributed by atoms with Crippen LogP contribution >= 0.6 is 11.6 Å². The summed E-state index contributed by atoms with van der Waals surface area (Å²) in [6, 6.07) is 7.70. The zero-order chi connectivity index (χ0) is 10.1. The van der Waals surface area contributed by atoms with Gasteiger partial charge in [0.05, 0.1) is 5.88 Å². The average molecular weight is 211 g/mol. The lowest BCUT2D eigenvalue weighted by atomic mass is 10.1. The summed E-state index contributed by atoms with van der Waals surface area (Å²) in [6.45, 7) is 1.93. The van der Waals surface area contributed by atoms with Crippen LogP contribution in [0.25, 0.3) is 11.0 Å². The number of benzene rings is 1. The van der Waals surface area contributed by atoms with Gasteiger partial charge in [-0.15, -0.1) is 11.6 Å². The van der Waals surface area contributed by atoms with Gasteiger partial charge in [-0.1, -0.05) is 18.2 Å². The zero-order valence-electron chi connectivity index (χ0n) is 7.83. The first-order valence-electron chi connectivity index (χ1n) is 4.46. The monoisotopic (exact) mass is 210 g/mol. The van der Waals surface area contributed by atoms with Gasteiger partial charge in [-0.25, -0.2) is 0 Å². The summed E-state index contributed by atoms with van der Waals surface area (Å²) in [4.78, 5) is 0. The van der Waals surface area contributed by atoms with E-state index in [2.05, 4.69) is 0 Å². The number of aliphatic hydroxyl groups excluding tert-OH is 1. The van der Waals surface area contributed by atoms with Crippen molar-refractivity contribution in [2.45, 2.75) is 13.0 Å². The third-order valence-electron chi connectivity index (χ3n) is 2.33. The number of para-hydroxylation sites is 1. The van der Waals surface area contributed by atoms with Gasteiger partial charge in [-0.3, -0.25) is 0 Å². The fraction of sp³-hybridized carbons (Fsp3) is 0.273. The molecule has 2 rings (SSSR count). The molecule has 3 heteroatoms. The lowest BCUT2D eigenvalue weighted by Crippen LogP contribution is -1.97. The van der Waals surface area contributed by atoms with Gasteiger partial charge in [0.1, 0.15) is 17.4 Å². The van der Waals surface area contributed by atoms with Gasteiger partial charge in [0.15, 0.2) is 0 Å². The molecule has 1 aromatic heterocycles. The van der Waals surface area contributed by atoms with E-state index in [9.17, 15) is 5.11 Å². The Balaban J connectivity index is 2.62. The molecule has 1 heterocycles. The van der Waals surface area contributed by atoms with Crippen LogP contribution in [-0.2, 0) is 0 Å². The molecule has 1 N–H and O–H groups in total. The van der Waals surface area contributed by atoms with E-state index >= 15 is 0 Å². The van der Waals surface area contributed by atoms with Crippen LogP contribution in [0.15, 0.2) is 28.7 Å². The number of alkyl halides is 1. The molecule has 0 spiro atoms. The fourth-order valence-corrected chi connectivity index (χ4v) is 1.72. The van der Waals surface area contributed by atoms with Gasteiger partial charge >= 0.3 is 0 Å². The topological polar surface area (TPSA) is 33.4 Å². The number of rotatable bonds is 2. The van der Waals surface area contributed by atoms with E-state index in [0.29, 0.717) is 5.76 Å². The molecule has 0 saturated carbocycles. The summed E-state index contributed by atoms with van der Waals surface area (Å²) in [5.41, 5.74) is 1.76. The number of fused-ring (bicyclic) bond motifs is 1. The summed E-state index contributed by atoms with van der Waals surface area (Å²) in [5.74, 6) is 0.724. The molecule has 0 fully saturated rings. The molecule has 1 atom stereocenters. The Kier molecular flexibility index (Phi) is 2.48. The first-order valence-corrected chi connectivity index (χ1v) is 4.99. The van der Waals surface area contributed by atoms with Crippen LogP contribution in [0.1, 0.15) is 17.4 Å². The van der Waals surface area contributed by atoms with Gasteiger partial charge in [-0.05, 0) is 13.0 Å². The molecular formula is C11H11ClO2. The normalized spacial score (nSPS) is 13.4. The Morgan fingerprint density at radius 1 is 1.43 bits per heavy atom. The molecule has 74 valence electrons. The summed E-state index contributed by atoms with van der Waals surface area (Å²) < 4.78 is 5.52. The standard InChI is InChI=1S/C11H11ClO2/c1-7-8-4-2-3-5-10(8)14-11(7)9(13)6-12/h2-5,9,13H,6H2,1H3. The van der Waals surface area contributed by atoms with E-state index in [0.717, 1.165) is 16.5 Å². The van der Waals surface area contributed by atoms with E-state index in [1.807, 2.05) is 31.2 Å². The molecule has 2 aromatic rings. The highest BCUT2D eigenvalue weighted by Crippen LogP contribution is 2.29. The van der Waals surface area contributed by atoms with Crippen LogP contribution in [0.5, 0.6) is 0 Å². The number of aryl methyl sites for hydroxylation is 1. The number of hydrogen-bond acceptors (Lipinski definition) is 2. The van der Waals surface area contributed by atoms with E-state index in [-0.39, 0.29) is 5.88 Å². The van der Waals surface area contributed by atoms with Crippen molar-refractivity contribution in [1.82, 2.24) is 0 Å². The lowest BCUT2D eigenvalue weighted by Gasteiger charge is -2.02. The maximum Gasteiger partial charge on any atom is 0.137 e. The summed E-state index contributed by atoms with van der Waals surface area (Å²) in [7, 11) is 0. The molecule has 14 heavy (non-hydrogen) atoms. The number of furan rings is 1. The van der Waals surface area contributed by atoms with Crippen molar-refractivity contribution in [3.8, 4) is 0 Å². The minimum Gasteiger partial charge on any atom is -0.458 e. The summed E-state index contributed by atoms with van der Waals surface area (Å²) in [6.07, 6.45) is -0.718. The van der Waals surface area contributed by atoms with Crippen molar-refractivity contribution in [2.24, 2.45) is 0 Å². The summed E-state index contributed by atoms with van der Waals surface area (Å²) in [5, 5.41) is 10.6. The second-order valence-corrected chi connectivity index (χ2v) is 3.57. The zero-order valence-corrected chi connectivity index (χ0v) is 8.58. The minimum atomic E-state index is -0.718. The molecule has 0 bridgehead atoms. The second-order valence-electron chi connectivity index (χ2n) is 3.26. The molecule has 0 aliphatic carbocycles. The van der Waals surface area contributed by atoms with Gasteiger partial charge in [0.25, 0.3) is 0 Å². The number of halogens is 1. The molecule has 0 aliphatic rings. The van der Waals surface area contributed by atoms with Crippen molar-refractivity contribution in [3.05, 3.63) is 35.6 Å². The maximum atomic E-state index is 9.59. The minimum absolute atomic E-state index is 0.153. The van der Waals surface area contributed by atoms with E-state index in [1.54, 1.807) is 0 Å². The average Bonchev–Trinajstić information content (AvgIpc) is 2.56. The quantitative estimate of drug-likeness (QED) is 0.773. The molecule has 1 aromatic carbocycles. The molecule has 0 radical (unpaired) electrons. The third kappa shape index (κ3) is 1.41. The molecule has 2 nitrogen and oxygen atoms in total. The van der Waals surface area contributed by atoms with Crippen LogP contribution in [0.3, 0.4) is 0 Å². The van der Waals surface area contributed by atoms with Crippen molar-refractivity contribution in [2.75, 3.05) is 5.88 Å². The Hall–Kier alpha value is -0.990. The molecule has 0 saturated heterocycles. The van der Waals surface area contributed by atoms with Crippen LogP contribution < -0.4 is 0 Å². The van der Waals surface area contributed by atoms with Crippen LogP contribution in [0.2, 0.25) is 0 Å². The highest BCUT2D eigenvalue weighted by Gasteiger charge is 2.16. The van der Waals surface area contributed by atoms with Crippen molar-refractivity contribution < 1.29 is 9.52 Å². The Bertz CT molecular complexity index is 447. The summed E-state index contributed by atoms with van der Waals surface area (Å²) >= 11 is 5.58. The molecule has 1 unspecified atom stereocenters. The highest BCUT2D eigenvalue weighted by molar-refractivity contribution is 6.18. The highest BCUT2D eigenvalue weighted by atomic mass is 35.5. The fourth-order valence-electron chi connectivity index (χ4n) is 1.58. The predicted octanol–water partition coefficient (Wildman–Crippen LogP) is 3.01. The molecule has 0 amide bonds. The van der Waals surface area contributed by atoms with Gasteiger partial charge in [-0.2, -0.15) is 0 Å². The van der Waals surface area contributed by atoms with Crippen molar-refractivity contribution in [3.63, 3.8) is 0 Å². The van der Waals surface area contributed by atoms with E-state index < -0.39 is 6.10 Å². The Morgan fingerprint density at radius 2 is 2.14 bits per heavy atom. The lowest BCUT2D eigenvalue weighted by molar-refractivity contribution is 0.174. The van der Waals surface area contributed by atoms with Crippen LogP contribution in [0, 0.1) is 6.92 Å². The molecule has 0 aliphatic heterocycles. The third-order valence-corrected chi connectivity index (χ3v) is 2.62. The number of hydrogen-bond donors (Lipinski definition) is 1. The number of aliphatic hydroxyl groups is 1. The van der Waals surface area contributed by atoms with Crippen molar-refractivity contribution in [1.29, 1.82) is 0 Å². The molecular weight excluding hydrogens is 200 g/mol. The van der Waals surface area contributed by atoms with E-state index in [1.165, 1.54) is 0 Å². The maximum absolute atomic E-state index is 9.59. The van der Waals surface area contributed by atoms with Gasteiger partial charge < -0.3 is 9.52 Å². The van der Waals surface area contributed by atoms with Crippen LogP contribution in [-0.4, -0.2) is 11.0 Å². The Labute approximate surface area is 87.1 Å². The van der Waals surface area contributed by atoms with Crippen LogP contribution in [0.4, 0.5) is 0 Å². The SMILES string of the molecule is Cc1c(C(O)CCl)oc2ccccc12. The van der Waals surface area contributed by atoms with E-state index in [4.69, 9.17) is 16.0 Å². The first-order chi connectivity index (χ1) is 6.74. The van der Waals surface area contributed by atoms with Gasteiger partial charge in [0.2, 0.25) is 0 Å². The smallest absolute Gasteiger partial charge is 0.137 e. The van der Waals surface area contributed by atoms with Gasteiger partial charge in [0, 0.05) is 10.9 Å². The first kappa shape index (κ1) is 9.56. The largest absolute Gasteiger partial charge is 0.458 e. The Morgan fingerprint density at radius 3 is 2.79 bits per heavy atom. The predicted molar refractivity (Wildman–Crippen MR) is 56.6 cm³/mol.